The quantitative estimate of drug-likeness (QED) is 0.823. The molecule has 1 aliphatic rings. The fourth-order valence-electron chi connectivity index (χ4n) is 2.13. The average molecular weight is 233 g/mol. The number of nitrogens with one attached hydrogen (secondary N) is 2. The molecule has 17 heavy (non-hydrogen) atoms. The Bertz CT molecular complexity index is 458. The van der Waals surface area contributed by atoms with Crippen LogP contribution >= 0.6 is 0 Å². The van der Waals surface area contributed by atoms with Gasteiger partial charge in [-0.3, -0.25) is 0 Å². The minimum Gasteiger partial charge on any atom is -0.342 e. The van der Waals surface area contributed by atoms with Crippen molar-refractivity contribution in [2.45, 2.75) is 19.3 Å². The van der Waals surface area contributed by atoms with E-state index in [4.69, 9.17) is 4.52 Å². The van der Waals surface area contributed by atoms with Crippen LogP contribution in [0.25, 0.3) is 11.6 Å². The van der Waals surface area contributed by atoms with Gasteiger partial charge < -0.3 is 14.8 Å². The molecule has 2 aromatic rings. The number of rotatable bonds is 4. The van der Waals surface area contributed by atoms with Gasteiger partial charge in [-0.1, -0.05) is 5.16 Å². The summed E-state index contributed by atoms with van der Waals surface area (Å²) in [5, 5.41) is 7.26. The minimum absolute atomic E-state index is 0.537. The Hall–Kier alpha value is -1.69. The van der Waals surface area contributed by atoms with E-state index in [9.17, 15) is 0 Å². The smallest absolute Gasteiger partial charge is 0.238 e. The van der Waals surface area contributed by atoms with Gasteiger partial charge in [-0.05, 0) is 31.8 Å². The molecule has 2 N–H and O–H groups in total. The highest BCUT2D eigenvalue weighted by Crippen LogP contribution is 2.16. The summed E-state index contributed by atoms with van der Waals surface area (Å²) in [4.78, 5) is 11.4. The molecule has 1 fully saturated rings. The zero-order valence-corrected chi connectivity index (χ0v) is 9.52. The first-order valence-electron chi connectivity index (χ1n) is 5.95. The molecule has 0 radical (unpaired) electrons. The Balaban J connectivity index is 1.60. The van der Waals surface area contributed by atoms with Crippen LogP contribution in [0, 0.1) is 5.92 Å². The number of aryl methyl sites for hydroxylation is 1. The van der Waals surface area contributed by atoms with Gasteiger partial charge in [-0.15, -0.1) is 0 Å². The van der Waals surface area contributed by atoms with E-state index in [0.717, 1.165) is 31.8 Å². The third kappa shape index (κ3) is 2.36. The van der Waals surface area contributed by atoms with Crippen molar-refractivity contribution in [3.05, 3.63) is 18.3 Å². The molecule has 6 nitrogen and oxygen atoms in total. The van der Waals surface area contributed by atoms with Crippen LogP contribution in [0.15, 0.2) is 16.9 Å². The lowest BCUT2D eigenvalue weighted by molar-refractivity contribution is 0.365. The summed E-state index contributed by atoms with van der Waals surface area (Å²) in [5.74, 6) is 2.63. The number of nitrogens with zero attached hydrogens (tertiary/aromatic N) is 3. The van der Waals surface area contributed by atoms with Crippen LogP contribution in [0.4, 0.5) is 0 Å². The van der Waals surface area contributed by atoms with Gasteiger partial charge in [0.25, 0.3) is 0 Å². The lowest BCUT2D eigenvalue weighted by Gasteiger charge is -2.03. The van der Waals surface area contributed by atoms with E-state index in [1.165, 1.54) is 6.42 Å². The Kier molecular flexibility index (Phi) is 2.87. The van der Waals surface area contributed by atoms with Gasteiger partial charge in [0.2, 0.25) is 11.7 Å². The molecule has 0 amide bonds. The summed E-state index contributed by atoms with van der Waals surface area (Å²) in [6, 6.07) is 0. The molecule has 0 aliphatic carbocycles. The summed E-state index contributed by atoms with van der Waals surface area (Å²) in [5.41, 5.74) is 0. The van der Waals surface area contributed by atoms with Gasteiger partial charge in [-0.2, -0.15) is 4.98 Å². The molecule has 1 atom stereocenters. The first-order chi connectivity index (χ1) is 8.42. The second-order valence-electron chi connectivity index (χ2n) is 4.35. The predicted octanol–water partition coefficient (Wildman–Crippen LogP) is 1.00. The van der Waals surface area contributed by atoms with Crippen LogP contribution in [-0.2, 0) is 6.42 Å². The van der Waals surface area contributed by atoms with Crippen molar-refractivity contribution >= 4 is 0 Å². The lowest BCUT2D eigenvalue weighted by atomic mass is 10.0. The summed E-state index contributed by atoms with van der Waals surface area (Å²) in [6.07, 6.45) is 6.62. The second-order valence-corrected chi connectivity index (χ2v) is 4.35. The Labute approximate surface area is 98.8 Å². The maximum absolute atomic E-state index is 5.21. The first kappa shape index (κ1) is 10.5. The first-order valence-corrected chi connectivity index (χ1v) is 5.95. The molecule has 90 valence electrons. The molecule has 0 bridgehead atoms. The van der Waals surface area contributed by atoms with Crippen molar-refractivity contribution in [2.75, 3.05) is 13.1 Å². The molecule has 0 aromatic carbocycles. The van der Waals surface area contributed by atoms with E-state index in [1.807, 2.05) is 0 Å². The fourth-order valence-corrected chi connectivity index (χ4v) is 2.13. The minimum atomic E-state index is 0.537. The predicted molar refractivity (Wildman–Crippen MR) is 61.2 cm³/mol. The van der Waals surface area contributed by atoms with Crippen molar-refractivity contribution < 1.29 is 4.52 Å². The van der Waals surface area contributed by atoms with Crippen LogP contribution < -0.4 is 5.32 Å². The standard InChI is InChI=1S/C11H15N5O/c1(8-3-4-12-7-8)2-9-15-11(16-17-9)10-13-5-6-14-10/h5-6,8,12H,1-4,7H2,(H,13,14). The van der Waals surface area contributed by atoms with E-state index < -0.39 is 0 Å². The third-order valence-electron chi connectivity index (χ3n) is 3.11. The fraction of sp³-hybridized carbons (Fsp3) is 0.545. The molecule has 1 aliphatic heterocycles. The molecular weight excluding hydrogens is 218 g/mol. The molecule has 2 aromatic heterocycles. The molecule has 0 spiro atoms. The third-order valence-corrected chi connectivity index (χ3v) is 3.11. The molecule has 1 saturated heterocycles. The van der Waals surface area contributed by atoms with E-state index in [1.54, 1.807) is 12.4 Å². The number of hydrogen-bond acceptors (Lipinski definition) is 5. The van der Waals surface area contributed by atoms with Gasteiger partial charge >= 0.3 is 0 Å². The highest BCUT2D eigenvalue weighted by Gasteiger charge is 2.16. The van der Waals surface area contributed by atoms with E-state index in [-0.39, 0.29) is 0 Å². The van der Waals surface area contributed by atoms with Gasteiger partial charge in [0.1, 0.15) is 0 Å². The van der Waals surface area contributed by atoms with Crippen molar-refractivity contribution in [3.63, 3.8) is 0 Å². The number of hydrogen-bond donors (Lipinski definition) is 2. The highest BCUT2D eigenvalue weighted by atomic mass is 16.5. The van der Waals surface area contributed by atoms with Gasteiger partial charge in [0.05, 0.1) is 0 Å². The Morgan fingerprint density at radius 1 is 1.47 bits per heavy atom. The van der Waals surface area contributed by atoms with Crippen molar-refractivity contribution in [2.24, 2.45) is 5.92 Å². The summed E-state index contributed by atoms with van der Waals surface area (Å²) in [7, 11) is 0. The summed E-state index contributed by atoms with van der Waals surface area (Å²) >= 11 is 0. The Morgan fingerprint density at radius 3 is 3.24 bits per heavy atom. The monoisotopic (exact) mass is 233 g/mol. The van der Waals surface area contributed by atoms with Crippen LogP contribution in [-0.4, -0.2) is 33.2 Å². The van der Waals surface area contributed by atoms with Crippen LogP contribution in [0.2, 0.25) is 0 Å². The maximum Gasteiger partial charge on any atom is 0.238 e. The van der Waals surface area contributed by atoms with Crippen molar-refractivity contribution in [3.8, 4) is 11.6 Å². The number of H-pyrrole nitrogens is 1. The molecule has 3 rings (SSSR count). The van der Waals surface area contributed by atoms with Crippen molar-refractivity contribution in [1.82, 2.24) is 25.4 Å². The molecular formula is C11H15N5O. The van der Waals surface area contributed by atoms with Gasteiger partial charge in [-0.25, -0.2) is 4.98 Å². The van der Waals surface area contributed by atoms with Crippen LogP contribution in [0.5, 0.6) is 0 Å². The topological polar surface area (TPSA) is 79.6 Å². The highest BCUT2D eigenvalue weighted by molar-refractivity contribution is 5.40. The van der Waals surface area contributed by atoms with Gasteiger partial charge in [0.15, 0.2) is 5.82 Å². The van der Waals surface area contributed by atoms with E-state index >= 15 is 0 Å². The van der Waals surface area contributed by atoms with E-state index in [0.29, 0.717) is 17.5 Å². The van der Waals surface area contributed by atoms with E-state index in [2.05, 4.69) is 25.4 Å². The molecule has 0 saturated carbocycles. The largest absolute Gasteiger partial charge is 0.342 e. The molecule has 1 unspecified atom stereocenters. The zero-order chi connectivity index (χ0) is 11.5. The SMILES string of the molecule is c1c[nH]c(-c2noc(CCC3CCNC3)n2)n1. The second kappa shape index (κ2) is 4.67. The lowest BCUT2D eigenvalue weighted by Crippen LogP contribution is -2.09. The Morgan fingerprint density at radius 2 is 2.47 bits per heavy atom. The number of aromatic amines is 1. The number of aromatic nitrogens is 4. The van der Waals surface area contributed by atoms with Crippen LogP contribution in [0.1, 0.15) is 18.7 Å². The van der Waals surface area contributed by atoms with Crippen molar-refractivity contribution in [1.29, 1.82) is 0 Å². The molecule has 6 heteroatoms. The normalized spacial score (nSPS) is 19.9. The summed E-state index contributed by atoms with van der Waals surface area (Å²) < 4.78 is 5.21. The summed E-state index contributed by atoms with van der Waals surface area (Å²) in [6.45, 7) is 2.24. The maximum atomic E-state index is 5.21. The number of imidazole rings is 1. The average Bonchev–Trinajstić information content (AvgIpc) is 3.09. The van der Waals surface area contributed by atoms with Gasteiger partial charge in [0, 0.05) is 18.8 Å². The molecule has 3 heterocycles. The zero-order valence-electron chi connectivity index (χ0n) is 9.52. The van der Waals surface area contributed by atoms with Crippen LogP contribution in [0.3, 0.4) is 0 Å².